The molecule has 0 saturated heterocycles. The van der Waals surface area contributed by atoms with E-state index in [1.807, 2.05) is 0 Å². The summed E-state index contributed by atoms with van der Waals surface area (Å²) in [4.78, 5) is 10.8. The molecule has 6 heteroatoms. The molecular formula is C9H6BrN3O2. The second-order valence-electron chi connectivity index (χ2n) is 2.85. The van der Waals surface area contributed by atoms with Gasteiger partial charge in [0.05, 0.1) is 23.6 Å². The molecule has 76 valence electrons. The fourth-order valence-electron chi connectivity index (χ4n) is 1.18. The molecule has 1 N–H and O–H groups in total. The van der Waals surface area contributed by atoms with Crippen LogP contribution < -0.4 is 0 Å². The van der Waals surface area contributed by atoms with Crippen LogP contribution >= 0.6 is 15.9 Å². The Morgan fingerprint density at radius 3 is 2.80 bits per heavy atom. The molecule has 1 aromatic carbocycles. The molecule has 15 heavy (non-hydrogen) atoms. The van der Waals surface area contributed by atoms with Crippen LogP contribution in [-0.4, -0.2) is 26.1 Å². The number of nitrogens with zero attached hydrogens (tertiary/aromatic N) is 3. The highest BCUT2D eigenvalue weighted by atomic mass is 79.9. The monoisotopic (exact) mass is 267 g/mol. The molecule has 0 amide bonds. The van der Waals surface area contributed by atoms with Crippen LogP contribution in [0.1, 0.15) is 10.4 Å². The number of hydrogen-bond acceptors (Lipinski definition) is 3. The Balaban J connectivity index is 2.54. The molecule has 5 nitrogen and oxygen atoms in total. The summed E-state index contributed by atoms with van der Waals surface area (Å²) < 4.78 is 2.19. The van der Waals surface area contributed by atoms with E-state index in [1.54, 1.807) is 12.3 Å². The highest BCUT2D eigenvalue weighted by Gasteiger charge is 2.07. The summed E-state index contributed by atoms with van der Waals surface area (Å²) >= 11 is 3.24. The molecule has 1 heterocycles. The second-order valence-corrected chi connectivity index (χ2v) is 3.77. The molecule has 0 aliphatic carbocycles. The number of benzene rings is 1. The fraction of sp³-hybridized carbons (Fsp3) is 0. The van der Waals surface area contributed by atoms with Gasteiger partial charge in [-0.05, 0) is 18.2 Å². The third-order valence-electron chi connectivity index (χ3n) is 1.82. The van der Waals surface area contributed by atoms with Gasteiger partial charge in [0.2, 0.25) is 0 Å². The lowest BCUT2D eigenvalue weighted by atomic mass is 10.2. The Bertz CT molecular complexity index is 496. The largest absolute Gasteiger partial charge is 0.478 e. The SMILES string of the molecule is O=C(O)c1cc(Br)cc(-n2ccnn2)c1. The first-order valence-corrected chi connectivity index (χ1v) is 4.87. The number of carboxylic acid groups (broad SMARTS) is 1. The van der Waals surface area contributed by atoms with E-state index < -0.39 is 5.97 Å². The zero-order chi connectivity index (χ0) is 10.8. The summed E-state index contributed by atoms with van der Waals surface area (Å²) in [6, 6.07) is 4.83. The Morgan fingerprint density at radius 2 is 2.20 bits per heavy atom. The summed E-state index contributed by atoms with van der Waals surface area (Å²) in [5, 5.41) is 16.3. The van der Waals surface area contributed by atoms with E-state index in [1.165, 1.54) is 23.0 Å². The zero-order valence-corrected chi connectivity index (χ0v) is 9.05. The first-order valence-electron chi connectivity index (χ1n) is 4.07. The van der Waals surface area contributed by atoms with Gasteiger partial charge in [-0.1, -0.05) is 21.1 Å². The molecule has 0 aliphatic heterocycles. The minimum atomic E-state index is -0.974. The van der Waals surface area contributed by atoms with Crippen molar-refractivity contribution >= 4 is 21.9 Å². The van der Waals surface area contributed by atoms with Crippen LogP contribution in [0.25, 0.3) is 5.69 Å². The summed E-state index contributed by atoms with van der Waals surface area (Å²) in [7, 11) is 0. The number of carbonyl (C=O) groups is 1. The smallest absolute Gasteiger partial charge is 0.335 e. The summed E-state index contributed by atoms with van der Waals surface area (Å²) in [5.74, 6) is -0.974. The van der Waals surface area contributed by atoms with Crippen molar-refractivity contribution in [3.8, 4) is 5.69 Å². The van der Waals surface area contributed by atoms with Gasteiger partial charge in [0.25, 0.3) is 0 Å². The molecule has 0 unspecified atom stereocenters. The highest BCUT2D eigenvalue weighted by Crippen LogP contribution is 2.18. The topological polar surface area (TPSA) is 68.0 Å². The lowest BCUT2D eigenvalue weighted by Gasteiger charge is -2.02. The number of carboxylic acids is 1. The van der Waals surface area contributed by atoms with Crippen molar-refractivity contribution in [2.24, 2.45) is 0 Å². The number of aromatic nitrogens is 3. The van der Waals surface area contributed by atoms with Crippen molar-refractivity contribution < 1.29 is 9.90 Å². The van der Waals surface area contributed by atoms with Gasteiger partial charge in [-0.25, -0.2) is 9.48 Å². The minimum Gasteiger partial charge on any atom is -0.478 e. The lowest BCUT2D eigenvalue weighted by Crippen LogP contribution is -2.01. The Labute approximate surface area is 93.5 Å². The summed E-state index contributed by atoms with van der Waals surface area (Å²) in [5.41, 5.74) is 0.856. The van der Waals surface area contributed by atoms with Gasteiger partial charge in [0.1, 0.15) is 0 Å². The number of hydrogen-bond donors (Lipinski definition) is 1. The van der Waals surface area contributed by atoms with Crippen LogP contribution in [0.3, 0.4) is 0 Å². The van der Waals surface area contributed by atoms with Crippen molar-refractivity contribution in [3.63, 3.8) is 0 Å². The highest BCUT2D eigenvalue weighted by molar-refractivity contribution is 9.10. The molecule has 1 aromatic heterocycles. The Hall–Kier alpha value is -1.69. The molecule has 2 aromatic rings. The van der Waals surface area contributed by atoms with Crippen molar-refractivity contribution in [3.05, 3.63) is 40.6 Å². The van der Waals surface area contributed by atoms with E-state index in [0.29, 0.717) is 10.2 Å². The van der Waals surface area contributed by atoms with Gasteiger partial charge in [-0.15, -0.1) is 5.10 Å². The van der Waals surface area contributed by atoms with Crippen molar-refractivity contribution in [2.75, 3.05) is 0 Å². The molecule has 0 fully saturated rings. The lowest BCUT2D eigenvalue weighted by molar-refractivity contribution is 0.0697. The van der Waals surface area contributed by atoms with Crippen LogP contribution in [0.4, 0.5) is 0 Å². The molecule has 0 spiro atoms. The van der Waals surface area contributed by atoms with Gasteiger partial charge < -0.3 is 5.11 Å². The second kappa shape index (κ2) is 3.82. The maximum atomic E-state index is 10.8. The first kappa shape index (κ1) is 9.85. The van der Waals surface area contributed by atoms with Crippen molar-refractivity contribution in [2.45, 2.75) is 0 Å². The molecule has 0 atom stereocenters. The predicted octanol–water partition coefficient (Wildman–Crippen LogP) is 1.73. The Kier molecular flexibility index (Phi) is 2.51. The van der Waals surface area contributed by atoms with Gasteiger partial charge in [0.15, 0.2) is 0 Å². The minimum absolute atomic E-state index is 0.204. The van der Waals surface area contributed by atoms with E-state index in [4.69, 9.17) is 5.11 Å². The third-order valence-corrected chi connectivity index (χ3v) is 2.27. The summed E-state index contributed by atoms with van der Waals surface area (Å²) in [6.45, 7) is 0. The van der Waals surface area contributed by atoms with Gasteiger partial charge in [0, 0.05) is 4.47 Å². The maximum absolute atomic E-state index is 10.8. The van der Waals surface area contributed by atoms with E-state index >= 15 is 0 Å². The predicted molar refractivity (Wildman–Crippen MR) is 56.0 cm³/mol. The van der Waals surface area contributed by atoms with Crippen molar-refractivity contribution in [1.29, 1.82) is 0 Å². The van der Waals surface area contributed by atoms with Crippen LogP contribution in [0.5, 0.6) is 0 Å². The van der Waals surface area contributed by atoms with Crippen LogP contribution in [0.15, 0.2) is 35.1 Å². The van der Waals surface area contributed by atoms with Crippen molar-refractivity contribution in [1.82, 2.24) is 15.0 Å². The van der Waals surface area contributed by atoms with Crippen LogP contribution in [0.2, 0.25) is 0 Å². The average Bonchev–Trinajstić information content (AvgIpc) is 2.69. The van der Waals surface area contributed by atoms with E-state index in [2.05, 4.69) is 26.2 Å². The molecule has 2 rings (SSSR count). The third kappa shape index (κ3) is 2.04. The summed E-state index contributed by atoms with van der Waals surface area (Å²) in [6.07, 6.45) is 3.18. The number of aromatic carboxylic acids is 1. The molecule has 0 aliphatic rings. The average molecular weight is 268 g/mol. The zero-order valence-electron chi connectivity index (χ0n) is 7.46. The molecule has 0 bridgehead atoms. The molecular weight excluding hydrogens is 262 g/mol. The molecule has 0 saturated carbocycles. The number of rotatable bonds is 2. The van der Waals surface area contributed by atoms with E-state index in [9.17, 15) is 4.79 Å². The van der Waals surface area contributed by atoms with E-state index in [0.717, 1.165) is 0 Å². The normalized spacial score (nSPS) is 10.2. The quantitative estimate of drug-likeness (QED) is 0.900. The standard InChI is InChI=1S/C9H6BrN3O2/c10-7-3-6(9(14)15)4-8(5-7)13-2-1-11-12-13/h1-5H,(H,14,15). The Morgan fingerprint density at radius 1 is 1.40 bits per heavy atom. The fourth-order valence-corrected chi connectivity index (χ4v) is 1.66. The van der Waals surface area contributed by atoms with Crippen LogP contribution in [-0.2, 0) is 0 Å². The molecule has 0 radical (unpaired) electrons. The van der Waals surface area contributed by atoms with Gasteiger partial charge in [-0.3, -0.25) is 0 Å². The van der Waals surface area contributed by atoms with Gasteiger partial charge >= 0.3 is 5.97 Å². The van der Waals surface area contributed by atoms with Gasteiger partial charge in [-0.2, -0.15) is 0 Å². The van der Waals surface area contributed by atoms with Crippen LogP contribution in [0, 0.1) is 0 Å². The first-order chi connectivity index (χ1) is 7.16. The number of halogens is 1. The maximum Gasteiger partial charge on any atom is 0.335 e. The van der Waals surface area contributed by atoms with E-state index in [-0.39, 0.29) is 5.56 Å².